The number of aryl methyl sites for hydroxylation is 1. The highest BCUT2D eigenvalue weighted by molar-refractivity contribution is 5.93. The Morgan fingerprint density at radius 3 is 2.56 bits per heavy atom. The summed E-state index contributed by atoms with van der Waals surface area (Å²) in [6, 6.07) is 14.2. The number of nitrogens with one attached hydrogen (secondary N) is 1. The van der Waals surface area contributed by atoms with Crippen LogP contribution in [0.4, 0.5) is 0 Å². The molecule has 32 heavy (non-hydrogen) atoms. The summed E-state index contributed by atoms with van der Waals surface area (Å²) in [5.74, 6) is 1.22. The molecule has 0 atom stereocenters. The molecule has 7 nitrogen and oxygen atoms in total. The van der Waals surface area contributed by atoms with Crippen LogP contribution in [0.5, 0.6) is 5.75 Å². The number of rotatable bonds is 4. The van der Waals surface area contributed by atoms with Crippen molar-refractivity contribution in [2.45, 2.75) is 32.6 Å². The van der Waals surface area contributed by atoms with Gasteiger partial charge in [0.1, 0.15) is 5.75 Å². The van der Waals surface area contributed by atoms with Crippen LogP contribution in [0.15, 0.2) is 48.7 Å². The number of piperidine rings is 1. The standard InChI is InChI=1S/C25H27N5O2/c1-16-4-6-19(7-5-16)30-17(2)24(27-28-30)25(31)29-12-10-18(11-13-29)22-15-26-23-9-8-20(32-3)14-21(22)23/h4-9,14-15,18,26H,10-13H2,1-3H3. The number of hydrogen-bond donors (Lipinski definition) is 1. The molecule has 0 spiro atoms. The maximum Gasteiger partial charge on any atom is 0.276 e. The molecule has 1 aliphatic rings. The number of carbonyl (C=O) groups excluding carboxylic acids is 1. The van der Waals surface area contributed by atoms with E-state index in [1.807, 2.05) is 49.1 Å². The topological polar surface area (TPSA) is 76.0 Å². The zero-order valence-electron chi connectivity index (χ0n) is 18.6. The van der Waals surface area contributed by atoms with Gasteiger partial charge < -0.3 is 14.6 Å². The number of amides is 1. The predicted molar refractivity (Wildman–Crippen MR) is 124 cm³/mol. The summed E-state index contributed by atoms with van der Waals surface area (Å²) in [5, 5.41) is 9.66. The normalized spacial score (nSPS) is 14.8. The molecule has 5 rings (SSSR count). The molecule has 164 valence electrons. The molecule has 7 heteroatoms. The fourth-order valence-corrected chi connectivity index (χ4v) is 4.59. The van der Waals surface area contributed by atoms with Gasteiger partial charge in [0, 0.05) is 30.2 Å². The number of aromatic nitrogens is 4. The second-order valence-electron chi connectivity index (χ2n) is 8.49. The van der Waals surface area contributed by atoms with Crippen molar-refractivity contribution in [2.75, 3.05) is 20.2 Å². The van der Waals surface area contributed by atoms with Gasteiger partial charge in [-0.25, -0.2) is 4.68 Å². The van der Waals surface area contributed by atoms with Crippen molar-refractivity contribution in [2.24, 2.45) is 0 Å². The third-order valence-electron chi connectivity index (χ3n) is 6.52. The summed E-state index contributed by atoms with van der Waals surface area (Å²) in [4.78, 5) is 18.5. The zero-order chi connectivity index (χ0) is 22.2. The lowest BCUT2D eigenvalue weighted by Gasteiger charge is -2.31. The second kappa shape index (κ2) is 8.15. The van der Waals surface area contributed by atoms with Gasteiger partial charge >= 0.3 is 0 Å². The predicted octanol–water partition coefficient (Wildman–Crippen LogP) is 4.39. The minimum absolute atomic E-state index is 0.0418. The van der Waals surface area contributed by atoms with Crippen LogP contribution in [0.25, 0.3) is 16.6 Å². The fraction of sp³-hybridized carbons (Fsp3) is 0.320. The SMILES string of the molecule is COc1ccc2[nH]cc(C3CCN(C(=O)c4nnn(-c5ccc(C)cc5)c4C)CC3)c2c1. The lowest BCUT2D eigenvalue weighted by atomic mass is 9.89. The quantitative estimate of drug-likeness (QED) is 0.522. The van der Waals surface area contributed by atoms with Crippen LogP contribution in [0.2, 0.25) is 0 Å². The Bertz CT molecular complexity index is 1260. The summed E-state index contributed by atoms with van der Waals surface area (Å²) in [6.07, 6.45) is 3.94. The lowest BCUT2D eigenvalue weighted by Crippen LogP contribution is -2.38. The number of likely N-dealkylation sites (tertiary alicyclic amines) is 1. The molecule has 1 aliphatic heterocycles. The Hall–Kier alpha value is -3.61. The van der Waals surface area contributed by atoms with Crippen LogP contribution in [0, 0.1) is 13.8 Å². The highest BCUT2D eigenvalue weighted by atomic mass is 16.5. The Morgan fingerprint density at radius 1 is 1.09 bits per heavy atom. The summed E-state index contributed by atoms with van der Waals surface area (Å²) < 4.78 is 7.14. The second-order valence-corrected chi connectivity index (χ2v) is 8.49. The van der Waals surface area contributed by atoms with E-state index in [9.17, 15) is 4.79 Å². The summed E-state index contributed by atoms with van der Waals surface area (Å²) in [6.45, 7) is 5.36. The highest BCUT2D eigenvalue weighted by Crippen LogP contribution is 2.35. The number of fused-ring (bicyclic) bond motifs is 1. The van der Waals surface area contributed by atoms with Crippen molar-refractivity contribution in [3.8, 4) is 11.4 Å². The maximum absolute atomic E-state index is 13.2. The minimum Gasteiger partial charge on any atom is -0.497 e. The molecular weight excluding hydrogens is 402 g/mol. The average Bonchev–Trinajstić information content (AvgIpc) is 3.42. The molecular formula is C25H27N5O2. The van der Waals surface area contributed by atoms with Gasteiger partial charge in [-0.05, 0) is 68.5 Å². The molecule has 1 fully saturated rings. The Labute approximate surface area is 187 Å². The fourth-order valence-electron chi connectivity index (χ4n) is 4.59. The van der Waals surface area contributed by atoms with Gasteiger partial charge in [-0.15, -0.1) is 5.10 Å². The Balaban J connectivity index is 1.31. The van der Waals surface area contributed by atoms with Crippen molar-refractivity contribution in [3.05, 3.63) is 71.2 Å². The van der Waals surface area contributed by atoms with E-state index in [4.69, 9.17) is 4.74 Å². The van der Waals surface area contributed by atoms with Crippen molar-refractivity contribution in [1.82, 2.24) is 24.9 Å². The molecule has 3 heterocycles. The number of aromatic amines is 1. The molecule has 1 amide bonds. The first kappa shape index (κ1) is 20.3. The van der Waals surface area contributed by atoms with Crippen molar-refractivity contribution < 1.29 is 9.53 Å². The number of methoxy groups -OCH3 is 1. The Kier molecular flexibility index (Phi) is 5.17. The monoisotopic (exact) mass is 429 g/mol. The van der Waals surface area contributed by atoms with E-state index in [2.05, 4.69) is 33.6 Å². The lowest BCUT2D eigenvalue weighted by molar-refractivity contribution is 0.0706. The average molecular weight is 430 g/mol. The van der Waals surface area contributed by atoms with Gasteiger partial charge in [0.05, 0.1) is 18.5 Å². The molecule has 0 bridgehead atoms. The van der Waals surface area contributed by atoms with E-state index >= 15 is 0 Å². The highest BCUT2D eigenvalue weighted by Gasteiger charge is 2.29. The van der Waals surface area contributed by atoms with E-state index < -0.39 is 0 Å². The van der Waals surface area contributed by atoms with E-state index in [1.165, 1.54) is 16.5 Å². The van der Waals surface area contributed by atoms with E-state index in [1.54, 1.807) is 11.8 Å². The number of H-pyrrole nitrogens is 1. The smallest absolute Gasteiger partial charge is 0.276 e. The largest absolute Gasteiger partial charge is 0.497 e. The Morgan fingerprint density at radius 2 is 1.84 bits per heavy atom. The van der Waals surface area contributed by atoms with Crippen LogP contribution < -0.4 is 4.74 Å². The van der Waals surface area contributed by atoms with Gasteiger partial charge in [0.25, 0.3) is 5.91 Å². The first-order chi connectivity index (χ1) is 15.5. The number of ether oxygens (including phenoxy) is 1. The molecule has 0 radical (unpaired) electrons. The van der Waals surface area contributed by atoms with E-state index in [0.717, 1.165) is 35.5 Å². The van der Waals surface area contributed by atoms with Crippen LogP contribution in [0.3, 0.4) is 0 Å². The molecule has 0 saturated carbocycles. The first-order valence-corrected chi connectivity index (χ1v) is 11.0. The van der Waals surface area contributed by atoms with Crippen LogP contribution in [-0.2, 0) is 0 Å². The summed E-state index contributed by atoms with van der Waals surface area (Å²) >= 11 is 0. The van der Waals surface area contributed by atoms with Crippen molar-refractivity contribution >= 4 is 16.8 Å². The zero-order valence-corrected chi connectivity index (χ0v) is 18.6. The van der Waals surface area contributed by atoms with Gasteiger partial charge in [-0.1, -0.05) is 22.9 Å². The van der Waals surface area contributed by atoms with Gasteiger partial charge in [0.2, 0.25) is 0 Å². The molecule has 4 aromatic rings. The van der Waals surface area contributed by atoms with Crippen molar-refractivity contribution in [3.63, 3.8) is 0 Å². The van der Waals surface area contributed by atoms with Gasteiger partial charge in [-0.3, -0.25) is 4.79 Å². The third kappa shape index (κ3) is 3.53. The first-order valence-electron chi connectivity index (χ1n) is 11.0. The number of hydrogen-bond acceptors (Lipinski definition) is 4. The third-order valence-corrected chi connectivity index (χ3v) is 6.52. The number of nitrogens with zero attached hydrogens (tertiary/aromatic N) is 4. The minimum atomic E-state index is -0.0418. The molecule has 1 N–H and O–H groups in total. The van der Waals surface area contributed by atoms with E-state index in [0.29, 0.717) is 24.7 Å². The molecule has 2 aromatic carbocycles. The molecule has 2 aromatic heterocycles. The number of carbonyl (C=O) groups is 1. The summed E-state index contributed by atoms with van der Waals surface area (Å²) in [5.41, 5.74) is 5.70. The molecule has 1 saturated heterocycles. The molecule has 0 aliphatic carbocycles. The van der Waals surface area contributed by atoms with Gasteiger partial charge in [0.15, 0.2) is 5.69 Å². The van der Waals surface area contributed by atoms with Crippen LogP contribution in [-0.4, -0.2) is 51.0 Å². The maximum atomic E-state index is 13.2. The van der Waals surface area contributed by atoms with Gasteiger partial charge in [-0.2, -0.15) is 0 Å². The molecule has 0 unspecified atom stereocenters. The van der Waals surface area contributed by atoms with Crippen LogP contribution >= 0.6 is 0 Å². The summed E-state index contributed by atoms with van der Waals surface area (Å²) in [7, 11) is 1.69. The van der Waals surface area contributed by atoms with Crippen LogP contribution in [0.1, 0.15) is 46.1 Å². The number of benzene rings is 2. The van der Waals surface area contributed by atoms with E-state index in [-0.39, 0.29) is 5.91 Å². The van der Waals surface area contributed by atoms with Crippen molar-refractivity contribution in [1.29, 1.82) is 0 Å².